The van der Waals surface area contributed by atoms with E-state index >= 15 is 0 Å². The molecule has 0 radical (unpaired) electrons. The normalized spacial score (nSPS) is 15.8. The van der Waals surface area contributed by atoms with Gasteiger partial charge in [0, 0.05) is 11.6 Å². The van der Waals surface area contributed by atoms with Crippen LogP contribution < -0.4 is 16.5 Å². The number of nitrogens with two attached hydrogens (primary N) is 1. The molecule has 1 aliphatic carbocycles. The Morgan fingerprint density at radius 3 is 2.75 bits per heavy atom. The van der Waals surface area contributed by atoms with Crippen molar-refractivity contribution in [2.75, 3.05) is 5.84 Å². The van der Waals surface area contributed by atoms with Crippen LogP contribution in [0.15, 0.2) is 29.4 Å². The number of nitrogen functional groups attached to an aromatic ring is 1. The second-order valence-electron chi connectivity index (χ2n) is 6.74. The Morgan fingerprint density at radius 1 is 1.29 bits per heavy atom. The third kappa shape index (κ3) is 5.00. The van der Waals surface area contributed by atoms with Crippen molar-refractivity contribution in [3.8, 4) is 11.4 Å². The lowest BCUT2D eigenvalue weighted by Gasteiger charge is -2.22. The van der Waals surface area contributed by atoms with Gasteiger partial charge in [-0.15, -0.1) is 10.2 Å². The molecule has 4 N–H and O–H groups in total. The highest BCUT2D eigenvalue weighted by Gasteiger charge is 2.23. The van der Waals surface area contributed by atoms with E-state index in [0.29, 0.717) is 5.56 Å². The summed E-state index contributed by atoms with van der Waals surface area (Å²) in [5.41, 5.74) is 0.478. The van der Waals surface area contributed by atoms with Crippen LogP contribution in [-0.4, -0.2) is 38.1 Å². The SMILES string of the molecule is CC(Sc1nnc(-c2cccc(F)c2)n1N)C(=O)NC(=O)NC1CCCCC1. The molecule has 8 nitrogen and oxygen atoms in total. The van der Waals surface area contributed by atoms with Crippen LogP contribution in [0.5, 0.6) is 0 Å². The zero-order valence-corrected chi connectivity index (χ0v) is 16.3. The number of hydrogen-bond donors (Lipinski definition) is 3. The van der Waals surface area contributed by atoms with Gasteiger partial charge < -0.3 is 11.2 Å². The van der Waals surface area contributed by atoms with Crippen molar-refractivity contribution >= 4 is 23.7 Å². The van der Waals surface area contributed by atoms with E-state index in [4.69, 9.17) is 5.84 Å². The number of thioether (sulfide) groups is 1. The van der Waals surface area contributed by atoms with Crippen LogP contribution in [0.25, 0.3) is 11.4 Å². The van der Waals surface area contributed by atoms with Crippen LogP contribution in [-0.2, 0) is 4.79 Å². The number of carbonyl (C=O) groups is 2. The first-order chi connectivity index (χ1) is 13.4. The van der Waals surface area contributed by atoms with Gasteiger partial charge in [-0.25, -0.2) is 13.9 Å². The molecule has 1 aromatic carbocycles. The third-order valence-electron chi connectivity index (χ3n) is 4.58. The molecule has 0 bridgehead atoms. The van der Waals surface area contributed by atoms with E-state index in [2.05, 4.69) is 20.8 Å². The minimum Gasteiger partial charge on any atom is -0.335 e. The molecule has 1 unspecified atom stereocenters. The first kappa shape index (κ1) is 20.1. The first-order valence-corrected chi connectivity index (χ1v) is 10.1. The molecule has 1 atom stereocenters. The van der Waals surface area contributed by atoms with Gasteiger partial charge in [0.15, 0.2) is 5.82 Å². The lowest BCUT2D eigenvalue weighted by Crippen LogP contribution is -2.47. The third-order valence-corrected chi connectivity index (χ3v) is 5.63. The quantitative estimate of drug-likeness (QED) is 0.519. The van der Waals surface area contributed by atoms with Crippen LogP contribution in [0.4, 0.5) is 9.18 Å². The second kappa shape index (κ2) is 9.05. The minimum absolute atomic E-state index is 0.116. The summed E-state index contributed by atoms with van der Waals surface area (Å²) in [7, 11) is 0. The molecule has 0 saturated heterocycles. The summed E-state index contributed by atoms with van der Waals surface area (Å²) in [5.74, 6) is 5.42. The van der Waals surface area contributed by atoms with Crippen molar-refractivity contribution in [1.82, 2.24) is 25.5 Å². The lowest BCUT2D eigenvalue weighted by molar-refractivity contribution is -0.119. The Labute approximate surface area is 166 Å². The van der Waals surface area contributed by atoms with E-state index in [1.807, 2.05) is 0 Å². The van der Waals surface area contributed by atoms with Crippen molar-refractivity contribution in [1.29, 1.82) is 0 Å². The van der Waals surface area contributed by atoms with E-state index in [-0.39, 0.29) is 17.0 Å². The molecule has 150 valence electrons. The van der Waals surface area contributed by atoms with E-state index in [0.717, 1.165) is 37.4 Å². The minimum atomic E-state index is -0.621. The number of rotatable bonds is 5. The van der Waals surface area contributed by atoms with Crippen molar-refractivity contribution in [3.63, 3.8) is 0 Å². The molecule has 3 rings (SSSR count). The summed E-state index contributed by atoms with van der Waals surface area (Å²) in [4.78, 5) is 24.3. The molecule has 0 spiro atoms. The van der Waals surface area contributed by atoms with Crippen molar-refractivity contribution in [3.05, 3.63) is 30.1 Å². The fourth-order valence-electron chi connectivity index (χ4n) is 3.08. The molecule has 3 amide bonds. The molecular weight excluding hydrogens is 383 g/mol. The van der Waals surface area contributed by atoms with E-state index in [1.165, 1.54) is 23.2 Å². The average molecular weight is 406 g/mol. The van der Waals surface area contributed by atoms with Gasteiger partial charge >= 0.3 is 6.03 Å². The molecule has 0 aliphatic heterocycles. The Bertz CT molecular complexity index is 852. The Balaban J connectivity index is 1.57. The molecule has 28 heavy (non-hydrogen) atoms. The fraction of sp³-hybridized carbons (Fsp3) is 0.444. The van der Waals surface area contributed by atoms with Gasteiger partial charge in [-0.05, 0) is 31.9 Å². The predicted molar refractivity (Wildman–Crippen MR) is 104 cm³/mol. The van der Waals surface area contributed by atoms with Crippen LogP contribution in [0.3, 0.4) is 0 Å². The second-order valence-corrected chi connectivity index (χ2v) is 8.05. The van der Waals surface area contributed by atoms with E-state index in [9.17, 15) is 14.0 Å². The number of nitrogens with one attached hydrogen (secondary N) is 2. The van der Waals surface area contributed by atoms with Gasteiger partial charge in [-0.2, -0.15) is 0 Å². The smallest absolute Gasteiger partial charge is 0.321 e. The number of benzene rings is 1. The van der Waals surface area contributed by atoms with Crippen molar-refractivity contribution < 1.29 is 14.0 Å². The van der Waals surface area contributed by atoms with Crippen molar-refractivity contribution in [2.45, 2.75) is 55.5 Å². The number of aromatic nitrogens is 3. The standard InChI is InChI=1S/C18H23FN6O2S/c1-11(16(26)22-17(27)21-14-8-3-2-4-9-14)28-18-24-23-15(25(18)20)12-6-5-7-13(19)10-12/h5-7,10-11,14H,2-4,8-9,20H2,1H3,(H2,21,22,26,27). The maximum absolute atomic E-state index is 13.4. The summed E-state index contributed by atoms with van der Waals surface area (Å²) < 4.78 is 14.6. The number of urea groups is 1. The van der Waals surface area contributed by atoms with Gasteiger partial charge in [0.25, 0.3) is 0 Å². The number of halogens is 1. The topological polar surface area (TPSA) is 115 Å². The number of amides is 3. The zero-order chi connectivity index (χ0) is 20.1. The Morgan fingerprint density at radius 2 is 2.04 bits per heavy atom. The maximum atomic E-state index is 13.4. The highest BCUT2D eigenvalue weighted by molar-refractivity contribution is 8.00. The van der Waals surface area contributed by atoms with Gasteiger partial charge in [-0.3, -0.25) is 10.1 Å². The molecule has 1 heterocycles. The summed E-state index contributed by atoms with van der Waals surface area (Å²) >= 11 is 1.06. The molecule has 1 fully saturated rings. The van der Waals surface area contributed by atoms with Crippen LogP contribution in [0.2, 0.25) is 0 Å². The molecule has 10 heteroatoms. The zero-order valence-electron chi connectivity index (χ0n) is 15.5. The molecule has 2 aromatic rings. The molecule has 1 aromatic heterocycles. The number of hydrogen-bond acceptors (Lipinski definition) is 6. The highest BCUT2D eigenvalue weighted by Crippen LogP contribution is 2.25. The monoisotopic (exact) mass is 406 g/mol. The number of imide groups is 1. The average Bonchev–Trinajstić information content (AvgIpc) is 3.02. The number of nitrogens with zero attached hydrogens (tertiary/aromatic N) is 3. The summed E-state index contributed by atoms with van der Waals surface area (Å²) in [6.07, 6.45) is 5.23. The summed E-state index contributed by atoms with van der Waals surface area (Å²) in [6, 6.07) is 5.46. The van der Waals surface area contributed by atoms with Gasteiger partial charge in [0.05, 0.1) is 5.25 Å². The Kier molecular flexibility index (Phi) is 6.50. The molecular formula is C18H23FN6O2S. The molecule has 1 saturated carbocycles. The number of carbonyl (C=O) groups excluding carboxylic acids is 2. The van der Waals surface area contributed by atoms with Crippen molar-refractivity contribution in [2.24, 2.45) is 0 Å². The van der Waals surface area contributed by atoms with E-state index < -0.39 is 23.0 Å². The lowest BCUT2D eigenvalue weighted by atomic mass is 9.96. The maximum Gasteiger partial charge on any atom is 0.321 e. The van der Waals surface area contributed by atoms with Crippen LogP contribution >= 0.6 is 11.8 Å². The summed E-state index contributed by atoms with van der Waals surface area (Å²) in [6.45, 7) is 1.64. The summed E-state index contributed by atoms with van der Waals surface area (Å²) in [5, 5.41) is 12.8. The largest absolute Gasteiger partial charge is 0.335 e. The van der Waals surface area contributed by atoms with Gasteiger partial charge in [-0.1, -0.05) is 43.2 Å². The van der Waals surface area contributed by atoms with Crippen LogP contribution in [0.1, 0.15) is 39.0 Å². The fourth-order valence-corrected chi connectivity index (χ4v) is 3.85. The highest BCUT2D eigenvalue weighted by atomic mass is 32.2. The first-order valence-electron chi connectivity index (χ1n) is 9.18. The van der Waals surface area contributed by atoms with E-state index in [1.54, 1.807) is 19.1 Å². The van der Waals surface area contributed by atoms with Crippen LogP contribution in [0, 0.1) is 5.82 Å². The van der Waals surface area contributed by atoms with Gasteiger partial charge in [0.2, 0.25) is 11.1 Å². The molecule has 1 aliphatic rings. The van der Waals surface area contributed by atoms with Gasteiger partial charge in [0.1, 0.15) is 5.82 Å². The predicted octanol–water partition coefficient (Wildman–Crippen LogP) is 2.44. The Hall–Kier alpha value is -2.62.